The third-order valence-corrected chi connectivity index (χ3v) is 2.77. The number of anilines is 1. The Hall–Kier alpha value is -1.58. The van der Waals surface area contributed by atoms with Gasteiger partial charge in [0, 0.05) is 13.1 Å². The molecule has 0 aliphatic heterocycles. The summed E-state index contributed by atoms with van der Waals surface area (Å²) in [6.07, 6.45) is 0.931. The van der Waals surface area contributed by atoms with Gasteiger partial charge in [0.2, 0.25) is 0 Å². The van der Waals surface area contributed by atoms with Gasteiger partial charge in [-0.2, -0.15) is 0 Å². The van der Waals surface area contributed by atoms with Gasteiger partial charge in [-0.3, -0.25) is 4.79 Å². The largest absolute Gasteiger partial charge is 0.481 e. The van der Waals surface area contributed by atoms with Gasteiger partial charge in [-0.25, -0.2) is 4.39 Å². The van der Waals surface area contributed by atoms with Crippen molar-refractivity contribution in [1.29, 1.82) is 0 Å². The van der Waals surface area contributed by atoms with Crippen molar-refractivity contribution >= 4 is 11.7 Å². The minimum absolute atomic E-state index is 0.0203. The SMILES string of the molecule is CC(C)CCN(CCC(=O)O)c1ccccc1F. The lowest BCUT2D eigenvalue weighted by molar-refractivity contribution is -0.136. The molecule has 0 aliphatic rings. The van der Waals surface area contributed by atoms with Crippen LogP contribution in [0.1, 0.15) is 26.7 Å². The van der Waals surface area contributed by atoms with Crippen LogP contribution in [0.15, 0.2) is 24.3 Å². The van der Waals surface area contributed by atoms with Crippen molar-refractivity contribution in [3.05, 3.63) is 30.1 Å². The smallest absolute Gasteiger partial charge is 0.305 e. The zero-order chi connectivity index (χ0) is 13.5. The summed E-state index contributed by atoms with van der Waals surface area (Å²) in [7, 11) is 0. The van der Waals surface area contributed by atoms with Gasteiger partial charge in [0.15, 0.2) is 0 Å². The number of para-hydroxylation sites is 1. The molecule has 0 radical (unpaired) electrons. The highest BCUT2D eigenvalue weighted by molar-refractivity contribution is 5.67. The summed E-state index contributed by atoms with van der Waals surface area (Å²) in [5, 5.41) is 8.74. The lowest BCUT2D eigenvalue weighted by atomic mass is 10.1. The van der Waals surface area contributed by atoms with Gasteiger partial charge in [-0.1, -0.05) is 26.0 Å². The van der Waals surface area contributed by atoms with E-state index in [1.165, 1.54) is 6.07 Å². The number of aliphatic carboxylic acids is 1. The highest BCUT2D eigenvalue weighted by Gasteiger charge is 2.12. The first-order valence-electron chi connectivity index (χ1n) is 6.22. The van der Waals surface area contributed by atoms with E-state index in [1.807, 2.05) is 4.90 Å². The molecule has 0 spiro atoms. The second-order valence-corrected chi connectivity index (χ2v) is 4.76. The molecule has 3 nitrogen and oxygen atoms in total. The van der Waals surface area contributed by atoms with E-state index in [0.717, 1.165) is 6.42 Å². The second-order valence-electron chi connectivity index (χ2n) is 4.76. The normalized spacial score (nSPS) is 10.7. The van der Waals surface area contributed by atoms with Gasteiger partial charge < -0.3 is 10.0 Å². The maximum atomic E-state index is 13.7. The molecule has 0 fully saturated rings. The van der Waals surface area contributed by atoms with Crippen molar-refractivity contribution < 1.29 is 14.3 Å². The van der Waals surface area contributed by atoms with Crippen molar-refractivity contribution in [1.82, 2.24) is 0 Å². The van der Waals surface area contributed by atoms with Crippen LogP contribution in [-0.4, -0.2) is 24.2 Å². The summed E-state index contributed by atoms with van der Waals surface area (Å²) in [5.74, 6) is -0.656. The Morgan fingerprint density at radius 1 is 1.33 bits per heavy atom. The molecule has 0 atom stereocenters. The minimum atomic E-state index is -0.860. The summed E-state index contributed by atoms with van der Waals surface area (Å²) < 4.78 is 13.7. The number of hydrogen-bond donors (Lipinski definition) is 1. The molecule has 0 heterocycles. The highest BCUT2D eigenvalue weighted by Crippen LogP contribution is 2.20. The van der Waals surface area contributed by atoms with Crippen LogP contribution in [0.4, 0.5) is 10.1 Å². The number of carboxylic acid groups (broad SMARTS) is 1. The molecule has 4 heteroatoms. The fourth-order valence-corrected chi connectivity index (χ4v) is 1.71. The molecule has 1 rings (SSSR count). The standard InChI is InChI=1S/C14H20FNO2/c1-11(2)7-9-16(10-8-14(17)18)13-6-4-3-5-12(13)15/h3-6,11H,7-10H2,1-2H3,(H,17,18). The predicted molar refractivity (Wildman–Crippen MR) is 70.3 cm³/mol. The van der Waals surface area contributed by atoms with Crippen molar-refractivity contribution in [3.63, 3.8) is 0 Å². The Bertz CT molecular complexity index is 393. The lowest BCUT2D eigenvalue weighted by Gasteiger charge is -2.25. The van der Waals surface area contributed by atoms with Crippen LogP contribution in [0.2, 0.25) is 0 Å². The van der Waals surface area contributed by atoms with Crippen LogP contribution in [0.25, 0.3) is 0 Å². The Balaban J connectivity index is 2.75. The summed E-state index contributed by atoms with van der Waals surface area (Å²) in [4.78, 5) is 12.4. The van der Waals surface area contributed by atoms with E-state index in [4.69, 9.17) is 5.11 Å². The van der Waals surface area contributed by atoms with E-state index >= 15 is 0 Å². The summed E-state index contributed by atoms with van der Waals surface area (Å²) >= 11 is 0. The highest BCUT2D eigenvalue weighted by atomic mass is 19.1. The van der Waals surface area contributed by atoms with Gasteiger partial charge in [-0.15, -0.1) is 0 Å². The second kappa shape index (κ2) is 6.99. The first-order valence-corrected chi connectivity index (χ1v) is 6.22. The molecule has 100 valence electrons. The van der Waals surface area contributed by atoms with E-state index in [1.54, 1.807) is 18.2 Å². The topological polar surface area (TPSA) is 40.5 Å². The molecule has 0 saturated heterocycles. The van der Waals surface area contributed by atoms with Crippen LogP contribution < -0.4 is 4.90 Å². The number of hydrogen-bond acceptors (Lipinski definition) is 2. The first-order chi connectivity index (χ1) is 8.50. The van der Waals surface area contributed by atoms with E-state index < -0.39 is 5.97 Å². The molecule has 0 saturated carbocycles. The Kier molecular flexibility index (Phi) is 5.62. The van der Waals surface area contributed by atoms with Crippen LogP contribution in [-0.2, 0) is 4.79 Å². The molecule has 0 aliphatic carbocycles. The zero-order valence-electron chi connectivity index (χ0n) is 10.9. The molecule has 0 bridgehead atoms. The average molecular weight is 253 g/mol. The Morgan fingerprint density at radius 2 is 2.00 bits per heavy atom. The summed E-state index contributed by atoms with van der Waals surface area (Å²) in [6, 6.07) is 6.49. The van der Waals surface area contributed by atoms with Crippen molar-refractivity contribution in [2.24, 2.45) is 5.92 Å². The maximum Gasteiger partial charge on any atom is 0.305 e. The number of benzene rings is 1. The lowest BCUT2D eigenvalue weighted by Crippen LogP contribution is -2.28. The van der Waals surface area contributed by atoms with E-state index in [-0.39, 0.29) is 12.2 Å². The monoisotopic (exact) mass is 253 g/mol. The molecule has 0 unspecified atom stereocenters. The fraction of sp³-hybridized carbons (Fsp3) is 0.500. The summed E-state index contributed by atoms with van der Waals surface area (Å²) in [5.41, 5.74) is 0.486. The van der Waals surface area contributed by atoms with Crippen LogP contribution in [0, 0.1) is 11.7 Å². The third-order valence-electron chi connectivity index (χ3n) is 2.77. The Labute approximate surface area is 107 Å². The minimum Gasteiger partial charge on any atom is -0.481 e. The van der Waals surface area contributed by atoms with Gasteiger partial charge in [-0.05, 0) is 24.5 Å². The average Bonchev–Trinajstić information content (AvgIpc) is 2.30. The molecule has 0 aromatic heterocycles. The van der Waals surface area contributed by atoms with E-state index in [9.17, 15) is 9.18 Å². The maximum absolute atomic E-state index is 13.7. The number of halogens is 1. The van der Waals surface area contributed by atoms with Crippen molar-refractivity contribution in [3.8, 4) is 0 Å². The molecule has 0 amide bonds. The van der Waals surface area contributed by atoms with Crippen LogP contribution in [0.3, 0.4) is 0 Å². The molecule has 1 aromatic carbocycles. The number of carboxylic acids is 1. The Morgan fingerprint density at radius 3 is 2.56 bits per heavy atom. The summed E-state index contributed by atoms with van der Waals surface area (Å²) in [6.45, 7) is 5.20. The van der Waals surface area contributed by atoms with Crippen molar-refractivity contribution in [2.75, 3.05) is 18.0 Å². The quantitative estimate of drug-likeness (QED) is 0.811. The third kappa shape index (κ3) is 4.73. The number of carbonyl (C=O) groups is 1. The number of nitrogens with zero attached hydrogens (tertiary/aromatic N) is 1. The van der Waals surface area contributed by atoms with Crippen LogP contribution >= 0.6 is 0 Å². The number of rotatable bonds is 7. The molecule has 1 aromatic rings. The van der Waals surface area contributed by atoms with Gasteiger partial charge >= 0.3 is 5.97 Å². The predicted octanol–water partition coefficient (Wildman–Crippen LogP) is 3.15. The fourth-order valence-electron chi connectivity index (χ4n) is 1.71. The van der Waals surface area contributed by atoms with Gasteiger partial charge in [0.1, 0.15) is 5.82 Å². The molecule has 1 N–H and O–H groups in total. The van der Waals surface area contributed by atoms with E-state index in [0.29, 0.717) is 24.7 Å². The van der Waals surface area contributed by atoms with E-state index in [2.05, 4.69) is 13.8 Å². The molecule has 18 heavy (non-hydrogen) atoms. The van der Waals surface area contributed by atoms with Crippen LogP contribution in [0.5, 0.6) is 0 Å². The zero-order valence-corrected chi connectivity index (χ0v) is 10.9. The van der Waals surface area contributed by atoms with Gasteiger partial charge in [0.25, 0.3) is 0 Å². The molecular weight excluding hydrogens is 233 g/mol. The van der Waals surface area contributed by atoms with Gasteiger partial charge in [0.05, 0.1) is 12.1 Å². The molecular formula is C14H20FNO2. The van der Waals surface area contributed by atoms with Crippen molar-refractivity contribution in [2.45, 2.75) is 26.7 Å². The first kappa shape index (κ1) is 14.5.